The summed E-state index contributed by atoms with van der Waals surface area (Å²) in [5.74, 6) is 0.112. The van der Waals surface area contributed by atoms with Gasteiger partial charge in [0.25, 0.3) is 5.89 Å². The van der Waals surface area contributed by atoms with Crippen molar-refractivity contribution in [1.29, 1.82) is 0 Å². The van der Waals surface area contributed by atoms with Gasteiger partial charge in [-0.05, 0) is 25.1 Å². The van der Waals surface area contributed by atoms with Crippen molar-refractivity contribution in [1.82, 2.24) is 15.1 Å². The maximum absolute atomic E-state index is 13.1. The number of nitrogens with two attached hydrogens (primary N) is 1. The zero-order valence-corrected chi connectivity index (χ0v) is 12.5. The highest BCUT2D eigenvalue weighted by Gasteiger charge is 2.15. The number of halogens is 2. The van der Waals surface area contributed by atoms with Gasteiger partial charge in [0.2, 0.25) is 5.82 Å². The van der Waals surface area contributed by atoms with E-state index in [0.29, 0.717) is 17.1 Å². The van der Waals surface area contributed by atoms with Crippen molar-refractivity contribution in [2.45, 2.75) is 13.0 Å². The van der Waals surface area contributed by atoms with Crippen LogP contribution in [0.3, 0.4) is 0 Å². The van der Waals surface area contributed by atoms with Crippen molar-refractivity contribution < 1.29 is 8.91 Å². The average molecular weight is 325 g/mol. The summed E-state index contributed by atoms with van der Waals surface area (Å²) >= 11 is 7.17. The molecule has 0 amide bonds. The topological polar surface area (TPSA) is 77.8 Å². The molecule has 0 saturated carbocycles. The van der Waals surface area contributed by atoms with Crippen molar-refractivity contribution >= 4 is 22.9 Å². The third kappa shape index (κ3) is 2.80. The summed E-state index contributed by atoms with van der Waals surface area (Å²) in [7, 11) is 0. The first kappa shape index (κ1) is 14.1. The zero-order valence-electron chi connectivity index (χ0n) is 10.9. The number of aromatic nitrogens is 3. The van der Waals surface area contributed by atoms with E-state index in [4.69, 9.17) is 21.9 Å². The standard InChI is InChI=1S/C13H10ClFN4OS/c1-6(16)13-17-10(5-21-13)12-18-11(19-20-12)7-2-3-9(15)8(14)4-7/h2-6H,16H2,1H3. The summed E-state index contributed by atoms with van der Waals surface area (Å²) in [5.41, 5.74) is 6.90. The number of rotatable bonds is 3. The van der Waals surface area contributed by atoms with Crippen LogP contribution >= 0.6 is 22.9 Å². The minimum Gasteiger partial charge on any atom is -0.332 e. The van der Waals surface area contributed by atoms with Crippen molar-refractivity contribution in [3.05, 3.63) is 39.4 Å². The van der Waals surface area contributed by atoms with Gasteiger partial charge in [0.1, 0.15) is 16.5 Å². The highest BCUT2D eigenvalue weighted by atomic mass is 35.5. The molecule has 8 heteroatoms. The largest absolute Gasteiger partial charge is 0.332 e. The molecule has 0 aliphatic rings. The summed E-state index contributed by atoms with van der Waals surface area (Å²) in [6.07, 6.45) is 0. The van der Waals surface area contributed by atoms with Crippen LogP contribution in [-0.2, 0) is 0 Å². The molecule has 0 radical (unpaired) electrons. The second kappa shape index (κ2) is 5.51. The monoisotopic (exact) mass is 324 g/mol. The van der Waals surface area contributed by atoms with Gasteiger partial charge >= 0.3 is 0 Å². The van der Waals surface area contributed by atoms with E-state index in [9.17, 15) is 4.39 Å². The Morgan fingerprint density at radius 2 is 2.19 bits per heavy atom. The summed E-state index contributed by atoms with van der Waals surface area (Å²) in [6, 6.07) is 4.08. The third-order valence-corrected chi connectivity index (χ3v) is 4.07. The van der Waals surface area contributed by atoms with Crippen LogP contribution in [0.25, 0.3) is 23.0 Å². The Hall–Kier alpha value is -1.83. The molecule has 2 heterocycles. The number of nitrogens with zero attached hydrogens (tertiary/aromatic N) is 3. The molecule has 0 saturated heterocycles. The Bertz CT molecular complexity index is 786. The quantitative estimate of drug-likeness (QED) is 0.795. The molecular weight excluding hydrogens is 315 g/mol. The SMILES string of the molecule is CC(N)c1nc(-c2nc(-c3ccc(F)c(Cl)c3)no2)cs1. The van der Waals surface area contributed by atoms with Gasteiger partial charge < -0.3 is 10.3 Å². The van der Waals surface area contributed by atoms with E-state index in [1.54, 1.807) is 5.38 Å². The van der Waals surface area contributed by atoms with Crippen LogP contribution in [0.1, 0.15) is 18.0 Å². The molecule has 5 nitrogen and oxygen atoms in total. The van der Waals surface area contributed by atoms with E-state index >= 15 is 0 Å². The highest BCUT2D eigenvalue weighted by molar-refractivity contribution is 7.10. The molecule has 0 fully saturated rings. The maximum Gasteiger partial charge on any atom is 0.277 e. The molecule has 1 aromatic carbocycles. The van der Waals surface area contributed by atoms with E-state index in [0.717, 1.165) is 5.01 Å². The van der Waals surface area contributed by atoms with Crippen LogP contribution in [0.4, 0.5) is 4.39 Å². The van der Waals surface area contributed by atoms with E-state index in [1.165, 1.54) is 29.5 Å². The van der Waals surface area contributed by atoms with Crippen LogP contribution in [-0.4, -0.2) is 15.1 Å². The van der Waals surface area contributed by atoms with Gasteiger partial charge in [0.05, 0.1) is 11.1 Å². The fourth-order valence-electron chi connectivity index (χ4n) is 1.67. The van der Waals surface area contributed by atoms with Crippen LogP contribution in [0.15, 0.2) is 28.1 Å². The van der Waals surface area contributed by atoms with Gasteiger partial charge in [-0.1, -0.05) is 16.8 Å². The molecule has 3 rings (SSSR count). The van der Waals surface area contributed by atoms with Crippen molar-refractivity contribution in [3.63, 3.8) is 0 Å². The van der Waals surface area contributed by atoms with E-state index in [2.05, 4.69) is 15.1 Å². The third-order valence-electron chi connectivity index (χ3n) is 2.73. The zero-order chi connectivity index (χ0) is 15.0. The second-order valence-corrected chi connectivity index (χ2v) is 5.71. The Kier molecular flexibility index (Phi) is 3.71. The molecule has 21 heavy (non-hydrogen) atoms. The van der Waals surface area contributed by atoms with Crippen LogP contribution in [0.2, 0.25) is 5.02 Å². The molecule has 0 aliphatic carbocycles. The fraction of sp³-hybridized carbons (Fsp3) is 0.154. The molecule has 2 aromatic heterocycles. The van der Waals surface area contributed by atoms with E-state index in [-0.39, 0.29) is 17.0 Å². The fourth-order valence-corrected chi connectivity index (χ4v) is 2.61. The summed E-state index contributed by atoms with van der Waals surface area (Å²) in [4.78, 5) is 8.57. The first-order valence-electron chi connectivity index (χ1n) is 6.05. The average Bonchev–Trinajstić information content (AvgIpc) is 3.09. The minimum atomic E-state index is -0.495. The molecule has 2 N–H and O–H groups in total. The molecule has 0 bridgehead atoms. The molecular formula is C13H10ClFN4OS. The molecule has 0 spiro atoms. The van der Waals surface area contributed by atoms with Gasteiger partial charge in [-0.2, -0.15) is 4.98 Å². The van der Waals surface area contributed by atoms with Gasteiger partial charge in [-0.3, -0.25) is 0 Å². The first-order valence-corrected chi connectivity index (χ1v) is 7.31. The Morgan fingerprint density at radius 3 is 2.86 bits per heavy atom. The predicted octanol–water partition coefficient (Wildman–Crippen LogP) is 3.67. The van der Waals surface area contributed by atoms with Crippen molar-refractivity contribution in [2.75, 3.05) is 0 Å². The molecule has 1 atom stereocenters. The van der Waals surface area contributed by atoms with Gasteiger partial charge in [-0.25, -0.2) is 9.37 Å². The van der Waals surface area contributed by atoms with Gasteiger partial charge in [0.15, 0.2) is 0 Å². The van der Waals surface area contributed by atoms with Crippen LogP contribution in [0, 0.1) is 5.82 Å². The molecule has 0 aliphatic heterocycles. The first-order chi connectivity index (χ1) is 10.0. The van der Waals surface area contributed by atoms with Crippen LogP contribution in [0.5, 0.6) is 0 Å². The summed E-state index contributed by atoms with van der Waals surface area (Å²) in [5, 5.41) is 6.45. The Labute approximate surface area is 128 Å². The van der Waals surface area contributed by atoms with Gasteiger partial charge in [-0.15, -0.1) is 11.3 Å². The summed E-state index contributed by atoms with van der Waals surface area (Å²) in [6.45, 7) is 1.85. The number of benzene rings is 1. The molecule has 108 valence electrons. The Balaban J connectivity index is 1.93. The number of thiazole rings is 1. The smallest absolute Gasteiger partial charge is 0.277 e. The van der Waals surface area contributed by atoms with Crippen molar-refractivity contribution in [2.24, 2.45) is 5.73 Å². The number of hydrogen-bond acceptors (Lipinski definition) is 6. The van der Waals surface area contributed by atoms with Crippen LogP contribution < -0.4 is 5.73 Å². The van der Waals surface area contributed by atoms with Crippen molar-refractivity contribution in [3.8, 4) is 23.0 Å². The van der Waals surface area contributed by atoms with E-state index < -0.39 is 5.82 Å². The maximum atomic E-state index is 13.1. The Morgan fingerprint density at radius 1 is 1.38 bits per heavy atom. The second-order valence-electron chi connectivity index (χ2n) is 4.41. The lowest BCUT2D eigenvalue weighted by Crippen LogP contribution is -2.03. The lowest BCUT2D eigenvalue weighted by molar-refractivity contribution is 0.431. The van der Waals surface area contributed by atoms with Gasteiger partial charge in [0, 0.05) is 10.9 Å². The lowest BCUT2D eigenvalue weighted by Gasteiger charge is -1.96. The predicted molar refractivity (Wildman–Crippen MR) is 78.4 cm³/mol. The highest BCUT2D eigenvalue weighted by Crippen LogP contribution is 2.27. The van der Waals surface area contributed by atoms with E-state index in [1.807, 2.05) is 6.92 Å². The number of hydrogen-bond donors (Lipinski definition) is 1. The lowest BCUT2D eigenvalue weighted by atomic mass is 10.2. The molecule has 1 unspecified atom stereocenters. The molecule has 3 aromatic rings. The summed E-state index contributed by atoms with van der Waals surface area (Å²) < 4.78 is 18.3. The normalized spacial score (nSPS) is 12.6. The minimum absolute atomic E-state index is 0.00625.